The first-order valence-electron chi connectivity index (χ1n) is 7.74. The molecule has 0 heterocycles. The predicted molar refractivity (Wildman–Crippen MR) is 72.5 cm³/mol. The van der Waals surface area contributed by atoms with Crippen molar-refractivity contribution in [3.63, 3.8) is 0 Å². The molecule has 21 heavy (non-hydrogen) atoms. The van der Waals surface area contributed by atoms with Gasteiger partial charge in [-0.25, -0.2) is 0 Å². The highest BCUT2D eigenvalue weighted by Gasteiger charge is 2.45. The van der Waals surface area contributed by atoms with Crippen molar-refractivity contribution >= 4 is 5.91 Å². The summed E-state index contributed by atoms with van der Waals surface area (Å²) < 4.78 is 38.4. The van der Waals surface area contributed by atoms with Crippen LogP contribution in [-0.4, -0.2) is 29.8 Å². The molecule has 0 aromatic rings. The van der Waals surface area contributed by atoms with Crippen molar-refractivity contribution in [1.29, 1.82) is 0 Å². The topological polar surface area (TPSA) is 49.3 Å². The van der Waals surface area contributed by atoms with Crippen LogP contribution in [0.15, 0.2) is 0 Å². The predicted octanol–water partition coefficient (Wildman–Crippen LogP) is 3.02. The second-order valence-electron chi connectivity index (χ2n) is 6.87. The van der Waals surface area contributed by atoms with Gasteiger partial charge in [0.05, 0.1) is 12.5 Å². The molecule has 0 bridgehead atoms. The Balaban J connectivity index is 1.94. The van der Waals surface area contributed by atoms with Crippen LogP contribution in [0, 0.1) is 17.3 Å². The van der Waals surface area contributed by atoms with E-state index in [-0.39, 0.29) is 36.8 Å². The Morgan fingerprint density at radius 2 is 2.00 bits per heavy atom. The summed E-state index contributed by atoms with van der Waals surface area (Å²) in [6, 6.07) is -0.124. The van der Waals surface area contributed by atoms with E-state index < -0.39 is 18.0 Å². The summed E-state index contributed by atoms with van der Waals surface area (Å²) in [5.41, 5.74) is -0.340. The number of aliphatic hydroxyl groups is 1. The second kappa shape index (κ2) is 6.15. The molecule has 0 aliphatic heterocycles. The molecule has 2 N–H and O–H groups in total. The summed E-state index contributed by atoms with van der Waals surface area (Å²) in [6.45, 7) is 1.91. The maximum absolute atomic E-state index is 12.8. The van der Waals surface area contributed by atoms with E-state index in [1.807, 2.05) is 6.92 Å². The molecule has 2 rings (SSSR count). The zero-order valence-electron chi connectivity index (χ0n) is 12.4. The van der Waals surface area contributed by atoms with Gasteiger partial charge in [-0.3, -0.25) is 4.79 Å². The zero-order valence-corrected chi connectivity index (χ0v) is 12.4. The van der Waals surface area contributed by atoms with Gasteiger partial charge in [-0.05, 0) is 32.1 Å². The maximum Gasteiger partial charge on any atom is 0.391 e. The van der Waals surface area contributed by atoms with E-state index in [0.717, 1.165) is 19.3 Å². The Hall–Kier alpha value is -0.780. The third kappa shape index (κ3) is 3.71. The molecule has 1 amide bonds. The third-order valence-electron chi connectivity index (χ3n) is 5.27. The Labute approximate surface area is 123 Å². The van der Waals surface area contributed by atoms with Gasteiger partial charge in [-0.2, -0.15) is 13.2 Å². The summed E-state index contributed by atoms with van der Waals surface area (Å²) >= 11 is 0. The maximum atomic E-state index is 12.8. The van der Waals surface area contributed by atoms with Crippen LogP contribution in [-0.2, 0) is 4.79 Å². The van der Waals surface area contributed by atoms with Gasteiger partial charge in [0.25, 0.3) is 0 Å². The zero-order chi connectivity index (χ0) is 15.7. The highest BCUT2D eigenvalue weighted by atomic mass is 19.4. The number of carbonyl (C=O) groups is 1. The van der Waals surface area contributed by atoms with Crippen LogP contribution in [0.4, 0.5) is 13.2 Å². The van der Waals surface area contributed by atoms with Crippen molar-refractivity contribution in [2.75, 3.05) is 6.61 Å². The number of carbonyl (C=O) groups excluding carboxylic acids is 1. The summed E-state index contributed by atoms with van der Waals surface area (Å²) in [5, 5.41) is 12.4. The fraction of sp³-hybridized carbons (Fsp3) is 0.933. The van der Waals surface area contributed by atoms with E-state index in [2.05, 4.69) is 5.32 Å². The number of hydrogen-bond acceptors (Lipinski definition) is 2. The Morgan fingerprint density at radius 3 is 2.62 bits per heavy atom. The van der Waals surface area contributed by atoms with E-state index in [4.69, 9.17) is 0 Å². The van der Waals surface area contributed by atoms with Gasteiger partial charge in [-0.1, -0.05) is 19.8 Å². The molecule has 2 fully saturated rings. The first-order chi connectivity index (χ1) is 9.76. The van der Waals surface area contributed by atoms with Crippen LogP contribution in [0.1, 0.15) is 51.9 Å². The van der Waals surface area contributed by atoms with Gasteiger partial charge in [-0.15, -0.1) is 0 Å². The van der Waals surface area contributed by atoms with Crippen LogP contribution in [0.2, 0.25) is 0 Å². The number of hydrogen-bond donors (Lipinski definition) is 2. The molecule has 4 unspecified atom stereocenters. The summed E-state index contributed by atoms with van der Waals surface area (Å²) in [6.07, 6.45) is -0.638. The van der Waals surface area contributed by atoms with Gasteiger partial charge in [0.2, 0.25) is 5.91 Å². The van der Waals surface area contributed by atoms with Crippen molar-refractivity contribution in [3.05, 3.63) is 0 Å². The highest BCUT2D eigenvalue weighted by molar-refractivity contribution is 5.79. The van der Waals surface area contributed by atoms with Crippen LogP contribution in [0.25, 0.3) is 0 Å². The van der Waals surface area contributed by atoms with E-state index >= 15 is 0 Å². The van der Waals surface area contributed by atoms with Crippen LogP contribution < -0.4 is 5.32 Å². The van der Waals surface area contributed by atoms with Crippen molar-refractivity contribution in [2.45, 2.75) is 64.1 Å². The quantitative estimate of drug-likeness (QED) is 0.842. The fourth-order valence-corrected chi connectivity index (χ4v) is 3.68. The first-order valence-corrected chi connectivity index (χ1v) is 7.74. The molecule has 6 heteroatoms. The lowest BCUT2D eigenvalue weighted by Crippen LogP contribution is -2.48. The molecule has 4 atom stereocenters. The van der Waals surface area contributed by atoms with Crippen molar-refractivity contribution in [2.24, 2.45) is 17.3 Å². The van der Waals surface area contributed by atoms with Crippen LogP contribution in [0.5, 0.6) is 0 Å². The molecular formula is C15H24F3NO2. The molecule has 2 saturated carbocycles. The van der Waals surface area contributed by atoms with Crippen LogP contribution >= 0.6 is 0 Å². The Morgan fingerprint density at radius 1 is 1.29 bits per heavy atom. The Kier molecular flexibility index (Phi) is 4.85. The average Bonchev–Trinajstić information content (AvgIpc) is 2.80. The molecular weight excluding hydrogens is 283 g/mol. The monoisotopic (exact) mass is 307 g/mol. The molecule has 2 aliphatic carbocycles. The number of aliphatic hydroxyl groups excluding tert-OH is 1. The van der Waals surface area contributed by atoms with E-state index in [9.17, 15) is 23.1 Å². The minimum absolute atomic E-state index is 0.00616. The van der Waals surface area contributed by atoms with E-state index in [1.54, 1.807) is 0 Å². The minimum Gasteiger partial charge on any atom is -0.396 e. The molecule has 0 aromatic heterocycles. The Bertz CT molecular complexity index is 386. The number of alkyl halides is 3. The van der Waals surface area contributed by atoms with Crippen molar-refractivity contribution in [3.8, 4) is 0 Å². The SMILES string of the molecule is CC1(CO)CCCC1NC(=O)C1CCCC(C(F)(F)F)C1. The third-order valence-corrected chi connectivity index (χ3v) is 5.27. The lowest BCUT2D eigenvalue weighted by atomic mass is 9.79. The molecule has 0 aromatic carbocycles. The largest absolute Gasteiger partial charge is 0.396 e. The van der Waals surface area contributed by atoms with Gasteiger partial charge >= 0.3 is 6.18 Å². The summed E-state index contributed by atoms with van der Waals surface area (Å²) in [7, 11) is 0. The lowest BCUT2D eigenvalue weighted by molar-refractivity contribution is -0.186. The minimum atomic E-state index is -4.20. The molecule has 2 aliphatic rings. The van der Waals surface area contributed by atoms with E-state index in [1.165, 1.54) is 0 Å². The number of amides is 1. The number of halogens is 3. The van der Waals surface area contributed by atoms with Crippen molar-refractivity contribution in [1.82, 2.24) is 5.32 Å². The smallest absolute Gasteiger partial charge is 0.391 e. The first kappa shape index (κ1) is 16.6. The summed E-state index contributed by atoms with van der Waals surface area (Å²) in [4.78, 5) is 12.3. The van der Waals surface area contributed by atoms with Crippen LogP contribution in [0.3, 0.4) is 0 Å². The average molecular weight is 307 g/mol. The molecule has 122 valence electrons. The highest BCUT2D eigenvalue weighted by Crippen LogP contribution is 2.41. The van der Waals surface area contributed by atoms with Crippen molar-refractivity contribution < 1.29 is 23.1 Å². The van der Waals surface area contributed by atoms with E-state index in [0.29, 0.717) is 12.8 Å². The molecule has 3 nitrogen and oxygen atoms in total. The summed E-state index contributed by atoms with van der Waals surface area (Å²) in [5.74, 6) is -2.17. The molecule has 0 radical (unpaired) electrons. The second-order valence-corrected chi connectivity index (χ2v) is 6.87. The van der Waals surface area contributed by atoms with Gasteiger partial charge in [0, 0.05) is 17.4 Å². The van der Waals surface area contributed by atoms with Gasteiger partial charge in [0.1, 0.15) is 0 Å². The van der Waals surface area contributed by atoms with Gasteiger partial charge < -0.3 is 10.4 Å². The fourth-order valence-electron chi connectivity index (χ4n) is 3.68. The van der Waals surface area contributed by atoms with Gasteiger partial charge in [0.15, 0.2) is 0 Å². The molecule has 0 saturated heterocycles. The number of nitrogens with one attached hydrogen (secondary N) is 1. The lowest BCUT2D eigenvalue weighted by Gasteiger charge is -2.34. The normalized spacial score (nSPS) is 37.5. The number of rotatable bonds is 3. The standard InChI is InChI=1S/C15H24F3NO2/c1-14(9-20)7-3-6-12(14)19-13(21)10-4-2-5-11(8-10)15(16,17)18/h10-12,20H,2-9H2,1H3,(H,19,21). The molecule has 0 spiro atoms.